The number of hydrogen-bond acceptors (Lipinski definition) is 2. The lowest BCUT2D eigenvalue weighted by Gasteiger charge is -2.20. The molecule has 1 aromatic rings. The van der Waals surface area contributed by atoms with Crippen LogP contribution in [0.15, 0.2) is 22.7 Å². The number of benzene rings is 1. The summed E-state index contributed by atoms with van der Waals surface area (Å²) in [5.41, 5.74) is 2.71. The SMILES string of the molecule is CCCNC(=O)C(C)NC1CCc2cc(Br)ccc21. The van der Waals surface area contributed by atoms with Gasteiger partial charge in [-0.1, -0.05) is 28.9 Å². The van der Waals surface area contributed by atoms with Gasteiger partial charge in [0.2, 0.25) is 5.91 Å². The van der Waals surface area contributed by atoms with Crippen LogP contribution in [0.5, 0.6) is 0 Å². The van der Waals surface area contributed by atoms with Gasteiger partial charge in [-0.05, 0) is 49.4 Å². The van der Waals surface area contributed by atoms with Gasteiger partial charge in [-0.15, -0.1) is 0 Å². The largest absolute Gasteiger partial charge is 0.355 e. The molecule has 104 valence electrons. The van der Waals surface area contributed by atoms with E-state index in [1.54, 1.807) is 0 Å². The highest BCUT2D eigenvalue weighted by molar-refractivity contribution is 9.10. The summed E-state index contributed by atoms with van der Waals surface area (Å²) >= 11 is 3.50. The molecule has 1 amide bonds. The molecule has 0 bridgehead atoms. The van der Waals surface area contributed by atoms with Crippen molar-refractivity contribution in [3.63, 3.8) is 0 Å². The summed E-state index contributed by atoms with van der Waals surface area (Å²) in [6.07, 6.45) is 3.12. The van der Waals surface area contributed by atoms with Gasteiger partial charge in [0.15, 0.2) is 0 Å². The van der Waals surface area contributed by atoms with Gasteiger partial charge in [-0.2, -0.15) is 0 Å². The van der Waals surface area contributed by atoms with Crippen molar-refractivity contribution < 1.29 is 4.79 Å². The van der Waals surface area contributed by atoms with Gasteiger partial charge in [0.25, 0.3) is 0 Å². The number of rotatable bonds is 5. The summed E-state index contributed by atoms with van der Waals surface area (Å²) in [5, 5.41) is 6.37. The standard InChI is InChI=1S/C15H21BrN2O/c1-3-8-17-15(19)10(2)18-14-7-4-11-9-12(16)5-6-13(11)14/h5-6,9-10,14,18H,3-4,7-8H2,1-2H3,(H,17,19). The Morgan fingerprint density at radius 2 is 2.32 bits per heavy atom. The molecule has 0 radical (unpaired) electrons. The molecule has 1 aliphatic rings. The average Bonchev–Trinajstić information content (AvgIpc) is 2.78. The lowest BCUT2D eigenvalue weighted by molar-refractivity contribution is -0.122. The monoisotopic (exact) mass is 324 g/mol. The van der Waals surface area contributed by atoms with E-state index in [4.69, 9.17) is 0 Å². The number of hydrogen-bond donors (Lipinski definition) is 2. The van der Waals surface area contributed by atoms with Gasteiger partial charge in [-0.3, -0.25) is 10.1 Å². The van der Waals surface area contributed by atoms with Crippen LogP contribution in [0.3, 0.4) is 0 Å². The molecule has 0 aliphatic heterocycles. The quantitative estimate of drug-likeness (QED) is 0.874. The Hall–Kier alpha value is -0.870. The Balaban J connectivity index is 1.97. The van der Waals surface area contributed by atoms with Gasteiger partial charge >= 0.3 is 0 Å². The molecule has 1 aliphatic carbocycles. The predicted molar refractivity (Wildman–Crippen MR) is 81.1 cm³/mol. The van der Waals surface area contributed by atoms with E-state index in [0.717, 1.165) is 30.3 Å². The van der Waals surface area contributed by atoms with Gasteiger partial charge in [0.1, 0.15) is 0 Å². The highest BCUT2D eigenvalue weighted by atomic mass is 79.9. The van der Waals surface area contributed by atoms with Crippen LogP contribution in [0.1, 0.15) is 43.9 Å². The maximum Gasteiger partial charge on any atom is 0.236 e. The fourth-order valence-electron chi connectivity index (χ4n) is 2.54. The van der Waals surface area contributed by atoms with Crippen molar-refractivity contribution in [3.05, 3.63) is 33.8 Å². The summed E-state index contributed by atoms with van der Waals surface area (Å²) in [4.78, 5) is 11.9. The third kappa shape index (κ3) is 3.57. The first-order valence-electron chi connectivity index (χ1n) is 6.94. The van der Waals surface area contributed by atoms with Crippen LogP contribution in [0.25, 0.3) is 0 Å². The lowest BCUT2D eigenvalue weighted by atomic mass is 10.1. The molecular weight excluding hydrogens is 304 g/mol. The molecule has 19 heavy (non-hydrogen) atoms. The van der Waals surface area contributed by atoms with Crippen LogP contribution in [0.4, 0.5) is 0 Å². The summed E-state index contributed by atoms with van der Waals surface area (Å²) in [6.45, 7) is 4.74. The lowest BCUT2D eigenvalue weighted by Crippen LogP contribution is -2.43. The predicted octanol–water partition coefficient (Wildman–Crippen LogP) is 2.94. The third-order valence-electron chi connectivity index (χ3n) is 3.58. The van der Waals surface area contributed by atoms with Crippen molar-refractivity contribution in [2.75, 3.05) is 6.54 Å². The van der Waals surface area contributed by atoms with Gasteiger partial charge in [0.05, 0.1) is 6.04 Å². The highest BCUT2D eigenvalue weighted by Crippen LogP contribution is 2.33. The molecule has 0 heterocycles. The Kier molecular flexibility index (Phi) is 4.99. The Bertz CT molecular complexity index is 461. The normalized spacial score (nSPS) is 19.0. The number of carbonyl (C=O) groups excluding carboxylic acids is 1. The maximum absolute atomic E-state index is 11.9. The van der Waals surface area contributed by atoms with Crippen molar-refractivity contribution >= 4 is 21.8 Å². The summed E-state index contributed by atoms with van der Waals surface area (Å²) < 4.78 is 1.13. The highest BCUT2D eigenvalue weighted by Gasteiger charge is 2.25. The van der Waals surface area contributed by atoms with Crippen LogP contribution in [-0.2, 0) is 11.2 Å². The van der Waals surface area contributed by atoms with E-state index in [9.17, 15) is 4.79 Å². The second kappa shape index (κ2) is 6.53. The first-order chi connectivity index (χ1) is 9.11. The minimum absolute atomic E-state index is 0.0902. The molecule has 4 heteroatoms. The maximum atomic E-state index is 11.9. The first kappa shape index (κ1) is 14.5. The molecule has 1 aromatic carbocycles. The number of halogens is 1. The Morgan fingerprint density at radius 3 is 3.05 bits per heavy atom. The molecule has 2 unspecified atom stereocenters. The van der Waals surface area contributed by atoms with E-state index in [-0.39, 0.29) is 11.9 Å². The number of aryl methyl sites for hydroxylation is 1. The first-order valence-corrected chi connectivity index (χ1v) is 7.73. The van der Waals surface area contributed by atoms with Gasteiger partial charge in [0, 0.05) is 17.1 Å². The smallest absolute Gasteiger partial charge is 0.236 e. The van der Waals surface area contributed by atoms with Crippen LogP contribution < -0.4 is 10.6 Å². The third-order valence-corrected chi connectivity index (χ3v) is 4.07. The van der Waals surface area contributed by atoms with Crippen molar-refractivity contribution in [1.29, 1.82) is 0 Å². The van der Waals surface area contributed by atoms with Crippen LogP contribution in [0, 0.1) is 0 Å². The fraction of sp³-hybridized carbons (Fsp3) is 0.533. The number of fused-ring (bicyclic) bond motifs is 1. The molecular formula is C15H21BrN2O. The van der Waals surface area contributed by atoms with E-state index in [0.29, 0.717) is 6.04 Å². The van der Waals surface area contributed by atoms with Gasteiger partial charge in [-0.25, -0.2) is 0 Å². The Morgan fingerprint density at radius 1 is 1.53 bits per heavy atom. The van der Waals surface area contributed by atoms with E-state index >= 15 is 0 Å². The average molecular weight is 325 g/mol. The minimum Gasteiger partial charge on any atom is -0.355 e. The van der Waals surface area contributed by atoms with E-state index in [1.165, 1.54) is 11.1 Å². The molecule has 0 fully saturated rings. The molecule has 2 rings (SSSR count). The summed E-state index contributed by atoms with van der Waals surface area (Å²) in [5.74, 6) is 0.0902. The fourth-order valence-corrected chi connectivity index (χ4v) is 2.95. The van der Waals surface area contributed by atoms with Crippen LogP contribution in [0.2, 0.25) is 0 Å². The molecule has 2 atom stereocenters. The number of amides is 1. The number of nitrogens with one attached hydrogen (secondary N) is 2. The molecule has 2 N–H and O–H groups in total. The zero-order valence-corrected chi connectivity index (χ0v) is 13.1. The molecule has 0 saturated carbocycles. The molecule has 0 spiro atoms. The van der Waals surface area contributed by atoms with Crippen molar-refractivity contribution in [3.8, 4) is 0 Å². The summed E-state index contributed by atoms with van der Waals surface area (Å²) in [7, 11) is 0. The Labute approximate surface area is 123 Å². The van der Waals surface area contributed by atoms with Crippen LogP contribution >= 0.6 is 15.9 Å². The molecule has 0 aromatic heterocycles. The van der Waals surface area contributed by atoms with Crippen molar-refractivity contribution in [1.82, 2.24) is 10.6 Å². The number of carbonyl (C=O) groups is 1. The van der Waals surface area contributed by atoms with Crippen molar-refractivity contribution in [2.45, 2.75) is 45.2 Å². The van der Waals surface area contributed by atoms with Crippen LogP contribution in [-0.4, -0.2) is 18.5 Å². The minimum atomic E-state index is -0.147. The van der Waals surface area contributed by atoms with Gasteiger partial charge < -0.3 is 5.32 Å². The zero-order chi connectivity index (χ0) is 13.8. The van der Waals surface area contributed by atoms with E-state index in [2.05, 4.69) is 51.7 Å². The topological polar surface area (TPSA) is 41.1 Å². The van der Waals surface area contributed by atoms with E-state index in [1.807, 2.05) is 6.92 Å². The molecule has 3 nitrogen and oxygen atoms in total. The second-order valence-corrected chi connectivity index (χ2v) is 6.03. The second-order valence-electron chi connectivity index (χ2n) is 5.11. The van der Waals surface area contributed by atoms with E-state index < -0.39 is 0 Å². The van der Waals surface area contributed by atoms with Crippen molar-refractivity contribution in [2.24, 2.45) is 0 Å². The summed E-state index contributed by atoms with van der Waals surface area (Å²) in [6, 6.07) is 6.55. The molecule has 0 saturated heterocycles. The zero-order valence-electron chi connectivity index (χ0n) is 11.5.